The van der Waals surface area contributed by atoms with Gasteiger partial charge >= 0.3 is 12.1 Å². The molecule has 1 aromatic carbocycles. The molecule has 0 bridgehead atoms. The Labute approximate surface area is 159 Å². The molecule has 0 saturated carbocycles. The van der Waals surface area contributed by atoms with Crippen LogP contribution in [0.15, 0.2) is 41.8 Å². The number of aliphatic carboxylic acids is 1. The molecule has 1 saturated heterocycles. The van der Waals surface area contributed by atoms with Gasteiger partial charge in [0.2, 0.25) is 0 Å². The summed E-state index contributed by atoms with van der Waals surface area (Å²) in [7, 11) is 0. The van der Waals surface area contributed by atoms with E-state index in [0.717, 1.165) is 10.9 Å². The van der Waals surface area contributed by atoms with Gasteiger partial charge in [-0.15, -0.1) is 11.3 Å². The number of alkyl halides is 3. The van der Waals surface area contributed by atoms with Gasteiger partial charge in [-0.05, 0) is 36.1 Å². The Hall–Kier alpha value is -1.90. The first-order valence-corrected chi connectivity index (χ1v) is 9.54. The second-order valence-corrected chi connectivity index (χ2v) is 7.73. The van der Waals surface area contributed by atoms with Crippen molar-refractivity contribution in [3.63, 3.8) is 0 Å². The summed E-state index contributed by atoms with van der Waals surface area (Å²) in [5.41, 5.74) is -0.0507. The molecule has 0 aliphatic carbocycles. The molecule has 4 nitrogen and oxygen atoms in total. The Morgan fingerprint density at radius 3 is 2.67 bits per heavy atom. The van der Waals surface area contributed by atoms with Crippen LogP contribution in [0.4, 0.5) is 13.2 Å². The van der Waals surface area contributed by atoms with Crippen molar-refractivity contribution in [2.75, 3.05) is 26.2 Å². The number of piperazine rings is 1. The van der Waals surface area contributed by atoms with Gasteiger partial charge in [0.15, 0.2) is 0 Å². The van der Waals surface area contributed by atoms with Crippen molar-refractivity contribution < 1.29 is 23.1 Å². The Morgan fingerprint density at radius 1 is 1.30 bits per heavy atom. The molecule has 3 rings (SSSR count). The molecule has 1 aliphatic rings. The summed E-state index contributed by atoms with van der Waals surface area (Å²) in [5, 5.41) is 11.0. The highest BCUT2D eigenvalue weighted by Gasteiger charge is 2.34. The summed E-state index contributed by atoms with van der Waals surface area (Å²) in [6.45, 7) is 3.67. The molecular formula is C19H21F3N2O2S. The normalized spacial score (nSPS) is 20.5. The topological polar surface area (TPSA) is 43.8 Å². The Morgan fingerprint density at radius 2 is 2.07 bits per heavy atom. The molecule has 0 amide bonds. The lowest BCUT2D eigenvalue weighted by molar-refractivity contribution is -0.139. The first-order chi connectivity index (χ1) is 12.8. The lowest BCUT2D eigenvalue weighted by atomic mass is 9.99. The quantitative estimate of drug-likeness (QED) is 0.829. The van der Waals surface area contributed by atoms with E-state index in [-0.39, 0.29) is 18.6 Å². The van der Waals surface area contributed by atoms with Crippen LogP contribution in [0.1, 0.15) is 29.0 Å². The summed E-state index contributed by atoms with van der Waals surface area (Å²) < 4.78 is 39.5. The van der Waals surface area contributed by atoms with E-state index < -0.39 is 17.7 Å². The molecule has 2 aromatic rings. The Bertz CT molecular complexity index is 780. The number of halogens is 3. The SMILES string of the molecule is C[C@@H]1CN([C@@H](c2cccc(C(F)(F)F)c2)c2cccs2)CCN1CC(=O)O. The predicted molar refractivity (Wildman–Crippen MR) is 97.8 cm³/mol. The van der Waals surface area contributed by atoms with Crippen LogP contribution in [0.2, 0.25) is 0 Å². The Balaban J connectivity index is 1.89. The fraction of sp³-hybridized carbons (Fsp3) is 0.421. The standard InChI is InChI=1S/C19H21F3N2O2S/c1-13-11-24(8-7-23(13)12-17(25)26)18(16-6-3-9-27-16)14-4-2-5-15(10-14)19(20,21)22/h2-6,9-10,13,18H,7-8,11-12H2,1H3,(H,25,26)/t13-,18+/m1/s1. The molecule has 8 heteroatoms. The van der Waals surface area contributed by atoms with E-state index in [1.165, 1.54) is 23.5 Å². The molecule has 27 heavy (non-hydrogen) atoms. The lowest BCUT2D eigenvalue weighted by Gasteiger charge is -2.42. The number of hydrogen-bond acceptors (Lipinski definition) is 4. The van der Waals surface area contributed by atoms with E-state index in [1.807, 2.05) is 29.3 Å². The van der Waals surface area contributed by atoms with Gasteiger partial charge in [0.25, 0.3) is 0 Å². The molecule has 1 aliphatic heterocycles. The summed E-state index contributed by atoms with van der Waals surface area (Å²) in [4.78, 5) is 16.0. The van der Waals surface area contributed by atoms with Crippen molar-refractivity contribution >= 4 is 17.3 Å². The number of carboxylic acids is 1. The van der Waals surface area contributed by atoms with Gasteiger partial charge in [-0.1, -0.05) is 18.2 Å². The number of thiophene rings is 1. The van der Waals surface area contributed by atoms with E-state index in [4.69, 9.17) is 5.11 Å². The number of carbonyl (C=O) groups is 1. The highest BCUT2D eigenvalue weighted by atomic mass is 32.1. The zero-order valence-electron chi connectivity index (χ0n) is 14.8. The third-order valence-corrected chi connectivity index (χ3v) is 5.77. The first-order valence-electron chi connectivity index (χ1n) is 8.66. The summed E-state index contributed by atoms with van der Waals surface area (Å²) in [5.74, 6) is -0.872. The van der Waals surface area contributed by atoms with Crippen molar-refractivity contribution in [2.24, 2.45) is 0 Å². The molecule has 0 spiro atoms. The largest absolute Gasteiger partial charge is 0.480 e. The molecule has 0 radical (unpaired) electrons. The molecule has 2 atom stereocenters. The van der Waals surface area contributed by atoms with Crippen molar-refractivity contribution in [2.45, 2.75) is 25.2 Å². The summed E-state index contributed by atoms with van der Waals surface area (Å²) in [6.07, 6.45) is -4.39. The average molecular weight is 398 g/mol. The van der Waals surface area contributed by atoms with Crippen LogP contribution >= 0.6 is 11.3 Å². The van der Waals surface area contributed by atoms with Crippen molar-refractivity contribution in [3.8, 4) is 0 Å². The highest BCUT2D eigenvalue weighted by Crippen LogP contribution is 2.36. The van der Waals surface area contributed by atoms with E-state index in [0.29, 0.717) is 25.2 Å². The zero-order valence-corrected chi connectivity index (χ0v) is 15.6. The fourth-order valence-corrected chi connectivity index (χ4v) is 4.44. The van der Waals surface area contributed by atoms with E-state index in [9.17, 15) is 18.0 Å². The van der Waals surface area contributed by atoms with Crippen LogP contribution in [-0.2, 0) is 11.0 Å². The minimum absolute atomic E-state index is 0.00288. The molecule has 1 aromatic heterocycles. The molecule has 0 unspecified atom stereocenters. The van der Waals surface area contributed by atoms with Crippen LogP contribution in [0, 0.1) is 0 Å². The number of rotatable bonds is 5. The monoisotopic (exact) mass is 398 g/mol. The van der Waals surface area contributed by atoms with Crippen molar-refractivity contribution in [1.29, 1.82) is 0 Å². The van der Waals surface area contributed by atoms with Gasteiger partial charge in [0.1, 0.15) is 0 Å². The van der Waals surface area contributed by atoms with Gasteiger partial charge in [-0.2, -0.15) is 13.2 Å². The van der Waals surface area contributed by atoms with Crippen LogP contribution in [0.5, 0.6) is 0 Å². The van der Waals surface area contributed by atoms with Crippen LogP contribution in [-0.4, -0.2) is 53.1 Å². The van der Waals surface area contributed by atoms with Crippen LogP contribution in [0.25, 0.3) is 0 Å². The smallest absolute Gasteiger partial charge is 0.416 e. The molecule has 2 heterocycles. The lowest BCUT2D eigenvalue weighted by Crippen LogP contribution is -2.54. The summed E-state index contributed by atoms with van der Waals surface area (Å²) >= 11 is 1.51. The highest BCUT2D eigenvalue weighted by molar-refractivity contribution is 7.10. The summed E-state index contributed by atoms with van der Waals surface area (Å²) in [6, 6.07) is 9.04. The zero-order chi connectivity index (χ0) is 19.6. The second kappa shape index (κ2) is 8.00. The van der Waals surface area contributed by atoms with E-state index in [2.05, 4.69) is 4.90 Å². The van der Waals surface area contributed by atoms with Gasteiger partial charge in [0, 0.05) is 30.6 Å². The molecule has 1 fully saturated rings. The second-order valence-electron chi connectivity index (χ2n) is 6.75. The number of carboxylic acid groups (broad SMARTS) is 1. The van der Waals surface area contributed by atoms with Crippen molar-refractivity contribution in [3.05, 3.63) is 57.8 Å². The number of nitrogens with zero attached hydrogens (tertiary/aromatic N) is 2. The third kappa shape index (κ3) is 4.69. The number of benzene rings is 1. The van der Waals surface area contributed by atoms with Crippen LogP contribution < -0.4 is 0 Å². The predicted octanol–water partition coefficient (Wildman–Crippen LogP) is 3.95. The molecule has 1 N–H and O–H groups in total. The maximum Gasteiger partial charge on any atom is 0.416 e. The van der Waals surface area contributed by atoms with Gasteiger partial charge in [-0.25, -0.2) is 0 Å². The van der Waals surface area contributed by atoms with Crippen molar-refractivity contribution in [1.82, 2.24) is 9.80 Å². The van der Waals surface area contributed by atoms with Crippen LogP contribution in [0.3, 0.4) is 0 Å². The minimum atomic E-state index is -4.39. The molecular weight excluding hydrogens is 377 g/mol. The van der Waals surface area contributed by atoms with Gasteiger partial charge in [-0.3, -0.25) is 14.6 Å². The maximum absolute atomic E-state index is 13.2. The maximum atomic E-state index is 13.2. The van der Waals surface area contributed by atoms with Gasteiger partial charge in [0.05, 0.1) is 18.2 Å². The fourth-order valence-electron chi connectivity index (χ4n) is 3.55. The first kappa shape index (κ1) is 19.9. The number of hydrogen-bond donors (Lipinski definition) is 1. The van der Waals surface area contributed by atoms with E-state index >= 15 is 0 Å². The average Bonchev–Trinajstić information content (AvgIpc) is 3.11. The Kier molecular flexibility index (Phi) is 5.88. The third-order valence-electron chi connectivity index (χ3n) is 4.84. The molecule has 146 valence electrons. The van der Waals surface area contributed by atoms with Gasteiger partial charge < -0.3 is 5.11 Å². The van der Waals surface area contributed by atoms with E-state index in [1.54, 1.807) is 6.07 Å². The minimum Gasteiger partial charge on any atom is -0.480 e.